The summed E-state index contributed by atoms with van der Waals surface area (Å²) in [4.78, 5) is 1.95. The molecule has 1 aliphatic heterocycles. The molecule has 21 heavy (non-hydrogen) atoms. The Balaban J connectivity index is 1.96. The van der Waals surface area contributed by atoms with Crippen LogP contribution in [0.2, 0.25) is 0 Å². The van der Waals surface area contributed by atoms with E-state index in [1.54, 1.807) is 0 Å². The molecule has 0 radical (unpaired) electrons. The van der Waals surface area contributed by atoms with Crippen LogP contribution in [-0.4, -0.2) is 39.0 Å². The van der Waals surface area contributed by atoms with E-state index < -0.39 is 15.8 Å². The SMILES string of the molecule is CC1CCCCN1CCNS(=O)(=O)c1cc(Br)ccc1F. The lowest BCUT2D eigenvalue weighted by molar-refractivity contribution is 0.164. The van der Waals surface area contributed by atoms with Crippen molar-refractivity contribution < 1.29 is 12.8 Å². The first kappa shape index (κ1) is 16.9. The summed E-state index contributed by atoms with van der Waals surface area (Å²) >= 11 is 3.16. The molecule has 1 N–H and O–H groups in total. The van der Waals surface area contributed by atoms with Gasteiger partial charge in [-0.2, -0.15) is 0 Å². The molecular formula is C14H20BrFN2O2S. The van der Waals surface area contributed by atoms with Gasteiger partial charge in [0.2, 0.25) is 10.0 Å². The molecule has 0 aromatic heterocycles. The Morgan fingerprint density at radius 1 is 1.43 bits per heavy atom. The molecule has 1 heterocycles. The van der Waals surface area contributed by atoms with Crippen LogP contribution in [0.25, 0.3) is 0 Å². The topological polar surface area (TPSA) is 49.4 Å². The van der Waals surface area contributed by atoms with Gasteiger partial charge in [0.15, 0.2) is 0 Å². The number of hydrogen-bond acceptors (Lipinski definition) is 3. The van der Waals surface area contributed by atoms with Gasteiger partial charge >= 0.3 is 0 Å². The Morgan fingerprint density at radius 2 is 2.19 bits per heavy atom. The van der Waals surface area contributed by atoms with Crippen molar-refractivity contribution in [1.82, 2.24) is 9.62 Å². The van der Waals surface area contributed by atoms with Crippen molar-refractivity contribution in [2.75, 3.05) is 19.6 Å². The second kappa shape index (κ2) is 7.17. The number of sulfonamides is 1. The van der Waals surface area contributed by atoms with Crippen LogP contribution in [0.5, 0.6) is 0 Å². The second-order valence-corrected chi connectivity index (χ2v) is 8.00. The molecule has 1 aromatic carbocycles. The molecule has 0 amide bonds. The van der Waals surface area contributed by atoms with Gasteiger partial charge in [-0.25, -0.2) is 17.5 Å². The summed E-state index contributed by atoms with van der Waals surface area (Å²) in [5, 5.41) is 0. The zero-order valence-corrected chi connectivity index (χ0v) is 14.4. The number of halogens is 2. The molecule has 1 aromatic rings. The average Bonchev–Trinajstić information content (AvgIpc) is 2.43. The molecule has 7 heteroatoms. The summed E-state index contributed by atoms with van der Waals surface area (Å²) in [6, 6.07) is 4.38. The molecule has 1 aliphatic rings. The third-order valence-electron chi connectivity index (χ3n) is 3.81. The fourth-order valence-electron chi connectivity index (χ4n) is 2.57. The lowest BCUT2D eigenvalue weighted by atomic mass is 10.0. The summed E-state index contributed by atoms with van der Waals surface area (Å²) in [7, 11) is -3.81. The summed E-state index contributed by atoms with van der Waals surface area (Å²) < 4.78 is 41.0. The van der Waals surface area contributed by atoms with Crippen molar-refractivity contribution in [1.29, 1.82) is 0 Å². The molecule has 1 fully saturated rings. The summed E-state index contributed by atoms with van der Waals surface area (Å²) in [6.45, 7) is 4.09. The van der Waals surface area contributed by atoms with Crippen LogP contribution >= 0.6 is 15.9 Å². The highest BCUT2D eigenvalue weighted by Gasteiger charge is 2.21. The molecule has 0 aliphatic carbocycles. The highest BCUT2D eigenvalue weighted by molar-refractivity contribution is 9.10. The molecular weight excluding hydrogens is 359 g/mol. The van der Waals surface area contributed by atoms with Gasteiger partial charge in [0.25, 0.3) is 0 Å². The van der Waals surface area contributed by atoms with Crippen molar-refractivity contribution in [3.63, 3.8) is 0 Å². The van der Waals surface area contributed by atoms with E-state index in [1.165, 1.54) is 18.6 Å². The molecule has 1 atom stereocenters. The van der Waals surface area contributed by atoms with Crippen molar-refractivity contribution in [2.24, 2.45) is 0 Å². The van der Waals surface area contributed by atoms with Gasteiger partial charge in [-0.3, -0.25) is 4.90 Å². The van der Waals surface area contributed by atoms with Crippen LogP contribution in [0.3, 0.4) is 0 Å². The lowest BCUT2D eigenvalue weighted by Gasteiger charge is -2.33. The van der Waals surface area contributed by atoms with E-state index in [9.17, 15) is 12.8 Å². The van der Waals surface area contributed by atoms with E-state index in [-0.39, 0.29) is 4.90 Å². The Bertz CT molecular complexity index is 595. The van der Waals surface area contributed by atoms with Gasteiger partial charge in [-0.1, -0.05) is 22.4 Å². The molecule has 1 saturated heterocycles. The molecule has 1 unspecified atom stereocenters. The third kappa shape index (κ3) is 4.48. The normalized spacial score (nSPS) is 20.6. The number of nitrogens with zero attached hydrogens (tertiary/aromatic N) is 1. The van der Waals surface area contributed by atoms with E-state index >= 15 is 0 Å². The smallest absolute Gasteiger partial charge is 0.243 e. The first-order valence-electron chi connectivity index (χ1n) is 7.09. The molecule has 0 spiro atoms. The second-order valence-electron chi connectivity index (χ2n) is 5.35. The zero-order chi connectivity index (χ0) is 15.5. The predicted octanol–water partition coefficient (Wildman–Crippen LogP) is 2.74. The van der Waals surface area contributed by atoms with Crippen LogP contribution in [0, 0.1) is 5.82 Å². The molecule has 0 saturated carbocycles. The summed E-state index contributed by atoms with van der Waals surface area (Å²) in [5.41, 5.74) is 0. The number of hydrogen-bond donors (Lipinski definition) is 1. The van der Waals surface area contributed by atoms with Crippen LogP contribution in [0.1, 0.15) is 26.2 Å². The lowest BCUT2D eigenvalue weighted by Crippen LogP contribution is -2.42. The van der Waals surface area contributed by atoms with Gasteiger partial charge in [0, 0.05) is 23.6 Å². The number of rotatable bonds is 5. The van der Waals surface area contributed by atoms with E-state index in [0.29, 0.717) is 23.6 Å². The highest BCUT2D eigenvalue weighted by atomic mass is 79.9. The van der Waals surface area contributed by atoms with Crippen LogP contribution in [-0.2, 0) is 10.0 Å². The largest absolute Gasteiger partial charge is 0.299 e. The van der Waals surface area contributed by atoms with Gasteiger partial charge in [0.1, 0.15) is 10.7 Å². The van der Waals surface area contributed by atoms with Crippen molar-refractivity contribution in [3.8, 4) is 0 Å². The van der Waals surface area contributed by atoms with E-state index in [2.05, 4.69) is 32.5 Å². The van der Waals surface area contributed by atoms with Gasteiger partial charge in [-0.05, 0) is 44.5 Å². The molecule has 0 bridgehead atoms. The maximum Gasteiger partial charge on any atom is 0.243 e. The highest BCUT2D eigenvalue weighted by Crippen LogP contribution is 2.20. The van der Waals surface area contributed by atoms with Gasteiger partial charge < -0.3 is 0 Å². The van der Waals surface area contributed by atoms with Crippen LogP contribution in [0.4, 0.5) is 4.39 Å². The maximum absolute atomic E-state index is 13.7. The molecule has 118 valence electrons. The summed E-state index contributed by atoms with van der Waals surface area (Å²) in [6.07, 6.45) is 3.52. The van der Waals surface area contributed by atoms with E-state index in [4.69, 9.17) is 0 Å². The molecule has 4 nitrogen and oxygen atoms in total. The Kier molecular flexibility index (Phi) is 5.76. The predicted molar refractivity (Wildman–Crippen MR) is 84.2 cm³/mol. The van der Waals surface area contributed by atoms with Gasteiger partial charge in [-0.15, -0.1) is 0 Å². The molecule has 2 rings (SSSR count). The fraction of sp³-hybridized carbons (Fsp3) is 0.571. The first-order chi connectivity index (χ1) is 9.90. The minimum absolute atomic E-state index is 0.290. The first-order valence-corrected chi connectivity index (χ1v) is 9.36. The van der Waals surface area contributed by atoms with Crippen LogP contribution < -0.4 is 4.72 Å². The monoisotopic (exact) mass is 378 g/mol. The fourth-order valence-corrected chi connectivity index (χ4v) is 4.21. The average molecular weight is 379 g/mol. The van der Waals surface area contributed by atoms with E-state index in [0.717, 1.165) is 25.5 Å². The van der Waals surface area contributed by atoms with Crippen molar-refractivity contribution in [3.05, 3.63) is 28.5 Å². The quantitative estimate of drug-likeness (QED) is 0.856. The number of piperidine rings is 1. The Labute approximate surface area is 133 Å². The van der Waals surface area contributed by atoms with Crippen LogP contribution in [0.15, 0.2) is 27.6 Å². The third-order valence-corrected chi connectivity index (χ3v) is 5.78. The summed E-state index contributed by atoms with van der Waals surface area (Å²) in [5.74, 6) is -0.739. The zero-order valence-electron chi connectivity index (χ0n) is 12.0. The minimum atomic E-state index is -3.81. The number of nitrogens with one attached hydrogen (secondary N) is 1. The van der Waals surface area contributed by atoms with Gasteiger partial charge in [0.05, 0.1) is 0 Å². The Morgan fingerprint density at radius 3 is 2.90 bits per heavy atom. The Hall–Kier alpha value is -0.500. The number of likely N-dealkylation sites (tertiary alicyclic amines) is 1. The van der Waals surface area contributed by atoms with E-state index in [1.807, 2.05) is 0 Å². The van der Waals surface area contributed by atoms with Crippen molar-refractivity contribution in [2.45, 2.75) is 37.1 Å². The standard InChI is InChI=1S/C14H20BrFN2O2S/c1-11-4-2-3-8-18(11)9-7-17-21(19,20)14-10-12(15)5-6-13(14)16/h5-6,10-11,17H,2-4,7-9H2,1H3. The van der Waals surface area contributed by atoms with Crippen molar-refractivity contribution >= 4 is 26.0 Å². The minimum Gasteiger partial charge on any atom is -0.299 e. The number of benzene rings is 1. The maximum atomic E-state index is 13.7.